The molecule has 0 saturated carbocycles. The predicted octanol–water partition coefficient (Wildman–Crippen LogP) is 4.26. The van der Waals surface area contributed by atoms with Crippen molar-refractivity contribution in [2.45, 2.75) is 33.1 Å². The van der Waals surface area contributed by atoms with Crippen molar-refractivity contribution < 1.29 is 0 Å². The Bertz CT molecular complexity index is 501. The molecule has 2 rings (SSSR count). The smallest absolute Gasteiger partial charge is 0.00143 e. The molecule has 112 valence electrons. The zero-order chi connectivity index (χ0) is 14.9. The zero-order valence-electron chi connectivity index (χ0n) is 13.3. The van der Waals surface area contributed by atoms with Gasteiger partial charge in [0.25, 0.3) is 0 Å². The lowest BCUT2D eigenvalue weighted by atomic mass is 9.92. The number of nitrogens with one attached hydrogen (secondary N) is 1. The van der Waals surface area contributed by atoms with Gasteiger partial charge in [-0.1, -0.05) is 68.4 Å². The largest absolute Gasteiger partial charge is 0.317 e. The van der Waals surface area contributed by atoms with Crippen LogP contribution in [-0.4, -0.2) is 13.1 Å². The Labute approximate surface area is 129 Å². The summed E-state index contributed by atoms with van der Waals surface area (Å²) < 4.78 is 0. The molecular weight excluding hydrogens is 254 g/mol. The molecule has 1 heteroatoms. The number of aryl methyl sites for hydroxylation is 1. The first-order valence-corrected chi connectivity index (χ1v) is 8.14. The molecule has 1 atom stereocenters. The lowest BCUT2D eigenvalue weighted by Gasteiger charge is -2.18. The van der Waals surface area contributed by atoms with Crippen LogP contribution in [-0.2, 0) is 19.3 Å². The third kappa shape index (κ3) is 5.35. The molecule has 0 amide bonds. The molecule has 0 spiro atoms. The van der Waals surface area contributed by atoms with Gasteiger partial charge < -0.3 is 5.32 Å². The Morgan fingerprint density at radius 2 is 1.33 bits per heavy atom. The van der Waals surface area contributed by atoms with Crippen molar-refractivity contribution in [3.05, 3.63) is 71.3 Å². The van der Waals surface area contributed by atoms with Crippen molar-refractivity contribution in [3.63, 3.8) is 0 Å². The highest BCUT2D eigenvalue weighted by atomic mass is 14.8. The van der Waals surface area contributed by atoms with Gasteiger partial charge in [-0.25, -0.2) is 0 Å². The van der Waals surface area contributed by atoms with E-state index in [0.717, 1.165) is 32.4 Å². The monoisotopic (exact) mass is 281 g/mol. The van der Waals surface area contributed by atoms with Crippen LogP contribution in [0.25, 0.3) is 0 Å². The Balaban J connectivity index is 2.00. The standard InChI is InChI=1S/C20H27N/c1-3-17-10-12-19(13-11-17)15-20(16-21-4-2)14-18-8-6-5-7-9-18/h5-13,20-21H,3-4,14-16H2,1-2H3. The van der Waals surface area contributed by atoms with E-state index >= 15 is 0 Å². The molecule has 0 aromatic heterocycles. The van der Waals surface area contributed by atoms with Crippen LogP contribution < -0.4 is 5.32 Å². The highest BCUT2D eigenvalue weighted by Crippen LogP contribution is 2.15. The number of rotatable bonds is 8. The fourth-order valence-electron chi connectivity index (χ4n) is 2.76. The van der Waals surface area contributed by atoms with Crippen molar-refractivity contribution >= 4 is 0 Å². The zero-order valence-corrected chi connectivity index (χ0v) is 13.3. The van der Waals surface area contributed by atoms with Gasteiger partial charge in [0.05, 0.1) is 0 Å². The van der Waals surface area contributed by atoms with Crippen LogP contribution in [0.4, 0.5) is 0 Å². The SMILES string of the molecule is CCNCC(Cc1ccccc1)Cc1ccc(CC)cc1. The average Bonchev–Trinajstić information content (AvgIpc) is 2.54. The van der Waals surface area contributed by atoms with E-state index in [1.54, 1.807) is 0 Å². The molecule has 1 unspecified atom stereocenters. The summed E-state index contributed by atoms with van der Waals surface area (Å²) in [6.45, 7) is 6.51. The Morgan fingerprint density at radius 3 is 1.90 bits per heavy atom. The first-order valence-electron chi connectivity index (χ1n) is 8.14. The van der Waals surface area contributed by atoms with Crippen LogP contribution >= 0.6 is 0 Å². The van der Waals surface area contributed by atoms with Crippen molar-refractivity contribution in [2.24, 2.45) is 5.92 Å². The second kappa shape index (κ2) is 8.63. The molecule has 0 radical (unpaired) electrons. The minimum atomic E-state index is 0.653. The molecule has 21 heavy (non-hydrogen) atoms. The second-order valence-corrected chi connectivity index (χ2v) is 5.74. The van der Waals surface area contributed by atoms with E-state index in [9.17, 15) is 0 Å². The van der Waals surface area contributed by atoms with E-state index in [1.165, 1.54) is 16.7 Å². The molecule has 0 aliphatic carbocycles. The van der Waals surface area contributed by atoms with Crippen molar-refractivity contribution in [2.75, 3.05) is 13.1 Å². The minimum Gasteiger partial charge on any atom is -0.317 e. The Kier molecular flexibility index (Phi) is 6.49. The van der Waals surface area contributed by atoms with Gasteiger partial charge in [0.2, 0.25) is 0 Å². The van der Waals surface area contributed by atoms with E-state index in [4.69, 9.17) is 0 Å². The molecule has 1 N–H and O–H groups in total. The van der Waals surface area contributed by atoms with Gasteiger partial charge in [0.15, 0.2) is 0 Å². The highest BCUT2D eigenvalue weighted by molar-refractivity contribution is 5.23. The molecule has 0 saturated heterocycles. The Morgan fingerprint density at radius 1 is 0.762 bits per heavy atom. The summed E-state index contributed by atoms with van der Waals surface area (Å²) in [7, 11) is 0. The van der Waals surface area contributed by atoms with Gasteiger partial charge in [0, 0.05) is 0 Å². The van der Waals surface area contributed by atoms with Crippen molar-refractivity contribution in [3.8, 4) is 0 Å². The molecule has 0 heterocycles. The average molecular weight is 281 g/mol. The normalized spacial score (nSPS) is 12.3. The molecule has 0 bridgehead atoms. The van der Waals surface area contributed by atoms with E-state index in [2.05, 4.69) is 73.8 Å². The summed E-state index contributed by atoms with van der Waals surface area (Å²) in [4.78, 5) is 0. The fraction of sp³-hybridized carbons (Fsp3) is 0.400. The number of hydrogen-bond donors (Lipinski definition) is 1. The Hall–Kier alpha value is -1.60. The van der Waals surface area contributed by atoms with Gasteiger partial charge >= 0.3 is 0 Å². The highest BCUT2D eigenvalue weighted by Gasteiger charge is 2.10. The molecule has 1 nitrogen and oxygen atoms in total. The summed E-state index contributed by atoms with van der Waals surface area (Å²) in [6, 6.07) is 20.0. The maximum absolute atomic E-state index is 3.51. The summed E-state index contributed by atoms with van der Waals surface area (Å²) in [5.41, 5.74) is 4.31. The van der Waals surface area contributed by atoms with Gasteiger partial charge in [-0.15, -0.1) is 0 Å². The van der Waals surface area contributed by atoms with Crippen LogP contribution in [0, 0.1) is 5.92 Å². The summed E-state index contributed by atoms with van der Waals surface area (Å²) >= 11 is 0. The molecule has 0 aliphatic heterocycles. The van der Waals surface area contributed by atoms with Crippen LogP contribution in [0.15, 0.2) is 54.6 Å². The van der Waals surface area contributed by atoms with E-state index < -0.39 is 0 Å². The van der Waals surface area contributed by atoms with E-state index in [1.807, 2.05) is 0 Å². The van der Waals surface area contributed by atoms with Crippen LogP contribution in [0.5, 0.6) is 0 Å². The van der Waals surface area contributed by atoms with Gasteiger partial charge in [-0.2, -0.15) is 0 Å². The van der Waals surface area contributed by atoms with Crippen LogP contribution in [0.1, 0.15) is 30.5 Å². The third-order valence-electron chi connectivity index (χ3n) is 4.01. The number of hydrogen-bond acceptors (Lipinski definition) is 1. The first kappa shape index (κ1) is 15.8. The van der Waals surface area contributed by atoms with Gasteiger partial charge in [0.1, 0.15) is 0 Å². The van der Waals surface area contributed by atoms with Crippen molar-refractivity contribution in [1.82, 2.24) is 5.32 Å². The molecule has 2 aromatic rings. The van der Waals surface area contributed by atoms with Crippen LogP contribution in [0.3, 0.4) is 0 Å². The third-order valence-corrected chi connectivity index (χ3v) is 4.01. The quantitative estimate of drug-likeness (QED) is 0.762. The fourth-order valence-corrected chi connectivity index (χ4v) is 2.76. The van der Waals surface area contributed by atoms with Gasteiger partial charge in [-0.05, 0) is 55.0 Å². The molecule has 0 fully saturated rings. The molecule has 2 aromatic carbocycles. The van der Waals surface area contributed by atoms with Crippen LogP contribution in [0.2, 0.25) is 0 Å². The summed E-state index contributed by atoms with van der Waals surface area (Å²) in [6.07, 6.45) is 3.40. The molecule has 0 aliphatic rings. The maximum atomic E-state index is 3.51. The summed E-state index contributed by atoms with van der Waals surface area (Å²) in [5.74, 6) is 0.653. The maximum Gasteiger partial charge on any atom is -0.00143 e. The lowest BCUT2D eigenvalue weighted by molar-refractivity contribution is 0.478. The van der Waals surface area contributed by atoms with E-state index in [0.29, 0.717) is 5.92 Å². The minimum absolute atomic E-state index is 0.653. The second-order valence-electron chi connectivity index (χ2n) is 5.74. The molecular formula is C20H27N. The first-order chi connectivity index (χ1) is 10.3. The lowest BCUT2D eigenvalue weighted by Crippen LogP contribution is -2.25. The predicted molar refractivity (Wildman–Crippen MR) is 91.7 cm³/mol. The summed E-state index contributed by atoms with van der Waals surface area (Å²) in [5, 5.41) is 3.51. The van der Waals surface area contributed by atoms with Gasteiger partial charge in [-0.3, -0.25) is 0 Å². The number of benzene rings is 2. The topological polar surface area (TPSA) is 12.0 Å². The van der Waals surface area contributed by atoms with Crippen molar-refractivity contribution in [1.29, 1.82) is 0 Å². The van der Waals surface area contributed by atoms with E-state index in [-0.39, 0.29) is 0 Å².